The van der Waals surface area contributed by atoms with Gasteiger partial charge in [0.2, 0.25) is 0 Å². The van der Waals surface area contributed by atoms with Crippen LogP contribution in [0.5, 0.6) is 0 Å². The predicted molar refractivity (Wildman–Crippen MR) is 39.8 cm³/mol. The first kappa shape index (κ1) is 10.1. The van der Waals surface area contributed by atoms with E-state index in [9.17, 15) is 0 Å². The van der Waals surface area contributed by atoms with Crippen LogP contribution in [-0.4, -0.2) is 0 Å². The third-order valence-corrected chi connectivity index (χ3v) is 0.371. The van der Waals surface area contributed by atoms with Crippen LogP contribution in [0.4, 0.5) is 0 Å². The molecule has 0 spiro atoms. The molecule has 0 nitrogen and oxygen atoms in total. The Hall–Kier alpha value is -1.00. The molecule has 0 aliphatic carbocycles. The predicted octanol–water partition coefficient (Wildman–Crippen LogP) is 2.71. The van der Waals surface area contributed by atoms with E-state index in [1.165, 1.54) is 0 Å². The molecule has 0 saturated heterocycles. The molecule has 0 heteroatoms. The molecule has 0 heterocycles. The molecule has 0 amide bonds. The molecule has 0 aromatic carbocycles. The zero-order chi connectivity index (χ0) is 6.83. The van der Waals surface area contributed by atoms with Crippen molar-refractivity contribution in [2.75, 3.05) is 0 Å². The van der Waals surface area contributed by atoms with Gasteiger partial charge in [-0.3, -0.25) is 0 Å². The first-order valence-electron chi connectivity index (χ1n) is 2.37. The molecular formula is C8H12. The Morgan fingerprint density at radius 1 is 1.25 bits per heavy atom. The summed E-state index contributed by atoms with van der Waals surface area (Å²) in [5.41, 5.74) is 2.56. The van der Waals surface area contributed by atoms with Gasteiger partial charge in [0.1, 0.15) is 0 Å². The minimum atomic E-state index is 1.64. The first-order chi connectivity index (χ1) is 3.83. The summed E-state index contributed by atoms with van der Waals surface area (Å²) in [6.45, 7) is 11.9. The van der Waals surface area contributed by atoms with Crippen molar-refractivity contribution in [3.05, 3.63) is 43.7 Å². The Labute approximate surface area is 51.5 Å². The highest BCUT2D eigenvalue weighted by molar-refractivity contribution is 4.88. The fourth-order valence-corrected chi connectivity index (χ4v) is 0. The first-order valence-corrected chi connectivity index (χ1v) is 2.37. The van der Waals surface area contributed by atoms with Gasteiger partial charge >= 0.3 is 0 Å². The van der Waals surface area contributed by atoms with Gasteiger partial charge in [0.15, 0.2) is 0 Å². The van der Waals surface area contributed by atoms with E-state index in [0.29, 0.717) is 0 Å². The summed E-state index contributed by atoms with van der Waals surface area (Å²) in [6.07, 6.45) is 5.04. The summed E-state index contributed by atoms with van der Waals surface area (Å²) in [5, 5.41) is 0. The molecule has 0 N–H and O–H groups in total. The van der Waals surface area contributed by atoms with Gasteiger partial charge in [0.25, 0.3) is 0 Å². The maximum Gasteiger partial charge on any atom is -0.0393 e. The summed E-state index contributed by atoms with van der Waals surface area (Å²) in [6, 6.07) is 0. The summed E-state index contributed by atoms with van der Waals surface area (Å²) < 4.78 is 0. The van der Waals surface area contributed by atoms with Crippen LogP contribution in [-0.2, 0) is 0 Å². The molecule has 0 atom stereocenters. The number of rotatable bonds is 1. The van der Waals surface area contributed by atoms with E-state index in [2.05, 4.69) is 25.5 Å². The Kier molecular flexibility index (Phi) is 21.0. The Balaban J connectivity index is 0. The van der Waals surface area contributed by atoms with Crippen molar-refractivity contribution in [2.45, 2.75) is 6.92 Å². The highest BCUT2D eigenvalue weighted by atomic mass is 13.4. The molecule has 0 aliphatic rings. The molecule has 0 fully saturated rings. The van der Waals surface area contributed by atoms with Crippen molar-refractivity contribution in [3.63, 3.8) is 0 Å². The van der Waals surface area contributed by atoms with Gasteiger partial charge in [-0.25, -0.2) is 0 Å². The molecule has 0 aliphatic heterocycles. The van der Waals surface area contributed by atoms with Gasteiger partial charge in [-0.2, -0.15) is 0 Å². The van der Waals surface area contributed by atoms with E-state index in [4.69, 9.17) is 0 Å². The highest BCUT2D eigenvalue weighted by Crippen LogP contribution is 1.52. The van der Waals surface area contributed by atoms with Crippen molar-refractivity contribution in [2.24, 2.45) is 0 Å². The third kappa shape index (κ3) is 80.0. The van der Waals surface area contributed by atoms with Crippen LogP contribution in [0, 0.1) is 0 Å². The minimum Gasteiger partial charge on any atom is -0.133 e. The van der Waals surface area contributed by atoms with Crippen LogP contribution in [0.25, 0.3) is 0 Å². The van der Waals surface area contributed by atoms with Crippen LogP contribution in [0.3, 0.4) is 0 Å². The summed E-state index contributed by atoms with van der Waals surface area (Å²) in [7, 11) is 0. The molecule has 0 aromatic heterocycles. The average molecular weight is 108 g/mol. The van der Waals surface area contributed by atoms with Gasteiger partial charge in [-0.15, -0.1) is 5.73 Å². The van der Waals surface area contributed by atoms with E-state index >= 15 is 0 Å². The maximum absolute atomic E-state index is 3.36. The lowest BCUT2D eigenvalue weighted by Gasteiger charge is -1.44. The second kappa shape index (κ2) is 16.7. The number of hydrogen-bond donors (Lipinski definition) is 0. The molecule has 0 radical (unpaired) electrons. The summed E-state index contributed by atoms with van der Waals surface area (Å²) >= 11 is 0. The zero-order valence-corrected chi connectivity index (χ0v) is 5.35. The average Bonchev–Trinajstić information content (AvgIpc) is 1.88. The fourth-order valence-electron chi connectivity index (χ4n) is 0. The minimum absolute atomic E-state index is 1.64. The summed E-state index contributed by atoms with van der Waals surface area (Å²) in [4.78, 5) is 0. The topological polar surface area (TPSA) is 0 Å². The van der Waals surface area contributed by atoms with E-state index in [1.54, 1.807) is 18.2 Å². The second-order valence-electron chi connectivity index (χ2n) is 0.964. The van der Waals surface area contributed by atoms with E-state index in [1.807, 2.05) is 6.92 Å². The molecule has 8 heavy (non-hydrogen) atoms. The van der Waals surface area contributed by atoms with Gasteiger partial charge in [-0.05, 0) is 13.0 Å². The highest BCUT2D eigenvalue weighted by Gasteiger charge is 1.29. The van der Waals surface area contributed by atoms with Crippen molar-refractivity contribution in [1.82, 2.24) is 0 Å². The fraction of sp³-hybridized carbons (Fsp3) is 0.125. The lowest BCUT2D eigenvalue weighted by atomic mass is 10.6. The van der Waals surface area contributed by atoms with Crippen LogP contribution >= 0.6 is 0 Å². The molecule has 0 aromatic rings. The standard InChI is InChI=1S/2C4H6/c2*1-3-4-2/h4H,1H2,2H3;3-4H,1-2H2. The van der Waals surface area contributed by atoms with Crippen LogP contribution in [0.2, 0.25) is 0 Å². The SMILES string of the molecule is C=C=CC.C=CC=C. The Morgan fingerprint density at radius 3 is 1.50 bits per heavy atom. The van der Waals surface area contributed by atoms with Crippen LogP contribution in [0.1, 0.15) is 6.92 Å². The number of hydrogen-bond acceptors (Lipinski definition) is 0. The van der Waals surface area contributed by atoms with Gasteiger partial charge in [-0.1, -0.05) is 31.9 Å². The summed E-state index contributed by atoms with van der Waals surface area (Å²) in [5.74, 6) is 0. The van der Waals surface area contributed by atoms with Crippen molar-refractivity contribution in [1.29, 1.82) is 0 Å². The third-order valence-electron chi connectivity index (χ3n) is 0.371. The number of allylic oxidation sites excluding steroid dienone is 3. The van der Waals surface area contributed by atoms with E-state index in [0.717, 1.165) is 0 Å². The zero-order valence-electron chi connectivity index (χ0n) is 5.35. The largest absolute Gasteiger partial charge is 0.133 e. The van der Waals surface area contributed by atoms with Gasteiger partial charge in [0.05, 0.1) is 0 Å². The molecular weight excluding hydrogens is 96.1 g/mol. The molecule has 44 valence electrons. The molecule has 0 rings (SSSR count). The van der Waals surface area contributed by atoms with Crippen molar-refractivity contribution >= 4 is 0 Å². The van der Waals surface area contributed by atoms with Crippen molar-refractivity contribution in [3.8, 4) is 0 Å². The van der Waals surface area contributed by atoms with E-state index < -0.39 is 0 Å². The lowest BCUT2D eigenvalue weighted by Crippen LogP contribution is -1.21. The Morgan fingerprint density at radius 2 is 1.50 bits per heavy atom. The van der Waals surface area contributed by atoms with Crippen LogP contribution < -0.4 is 0 Å². The van der Waals surface area contributed by atoms with Gasteiger partial charge in [0, 0.05) is 0 Å². The monoisotopic (exact) mass is 108 g/mol. The molecule has 0 unspecified atom stereocenters. The molecule has 0 bridgehead atoms. The quantitative estimate of drug-likeness (QED) is 0.358. The smallest absolute Gasteiger partial charge is 0.0393 e. The van der Waals surface area contributed by atoms with E-state index in [-0.39, 0.29) is 0 Å². The Bertz CT molecular complexity index is 86.6. The maximum atomic E-state index is 3.36. The second-order valence-corrected chi connectivity index (χ2v) is 0.964. The van der Waals surface area contributed by atoms with Crippen LogP contribution in [0.15, 0.2) is 43.7 Å². The normalized spacial score (nSPS) is 4.62. The van der Waals surface area contributed by atoms with Crippen molar-refractivity contribution < 1.29 is 0 Å². The van der Waals surface area contributed by atoms with Gasteiger partial charge < -0.3 is 0 Å². The molecule has 0 saturated carbocycles. The lowest BCUT2D eigenvalue weighted by molar-refractivity contribution is 1.78.